The SMILES string of the molecule is CCCCC[C@H](O)/C=C/[C@@H]1[C@H]2c3cccc(CCCC(=O)NC(C)C)c3O[C@H]2C[C@H]1O. The highest BCUT2D eigenvalue weighted by Gasteiger charge is 2.48. The molecule has 5 nitrogen and oxygen atoms in total. The Balaban J connectivity index is 1.65. The van der Waals surface area contributed by atoms with Gasteiger partial charge in [-0.2, -0.15) is 0 Å². The Bertz CT molecular complexity index is 760. The van der Waals surface area contributed by atoms with Gasteiger partial charge in [-0.05, 0) is 38.7 Å². The van der Waals surface area contributed by atoms with E-state index in [0.29, 0.717) is 12.8 Å². The van der Waals surface area contributed by atoms with Gasteiger partial charge in [0.25, 0.3) is 0 Å². The van der Waals surface area contributed by atoms with Gasteiger partial charge in [-0.1, -0.05) is 56.5 Å². The minimum absolute atomic E-state index is 0.0257. The predicted octanol–water partition coefficient (Wildman–Crippen LogP) is 4.26. The normalized spacial score (nSPS) is 25.5. The van der Waals surface area contributed by atoms with Crippen LogP contribution in [0.4, 0.5) is 0 Å². The molecule has 1 saturated carbocycles. The highest BCUT2D eigenvalue weighted by Crippen LogP contribution is 2.52. The molecule has 2 aliphatic rings. The summed E-state index contributed by atoms with van der Waals surface area (Å²) < 4.78 is 6.31. The number of hydrogen-bond donors (Lipinski definition) is 3. The summed E-state index contributed by atoms with van der Waals surface area (Å²) >= 11 is 0. The maximum absolute atomic E-state index is 11.9. The van der Waals surface area contributed by atoms with Crippen LogP contribution >= 0.6 is 0 Å². The van der Waals surface area contributed by atoms with Gasteiger partial charge in [0.2, 0.25) is 5.91 Å². The number of nitrogens with one attached hydrogen (secondary N) is 1. The predicted molar refractivity (Wildman–Crippen MR) is 123 cm³/mol. The van der Waals surface area contributed by atoms with E-state index in [2.05, 4.69) is 30.4 Å². The second-order valence-corrected chi connectivity index (χ2v) is 9.42. The summed E-state index contributed by atoms with van der Waals surface area (Å²) in [5, 5.41) is 23.8. The first-order valence-electron chi connectivity index (χ1n) is 12.0. The van der Waals surface area contributed by atoms with Gasteiger partial charge in [-0.25, -0.2) is 0 Å². The number of aliphatic hydroxyl groups is 2. The van der Waals surface area contributed by atoms with Gasteiger partial charge >= 0.3 is 0 Å². The highest BCUT2D eigenvalue weighted by molar-refractivity contribution is 5.76. The van der Waals surface area contributed by atoms with Gasteiger partial charge in [0.05, 0.1) is 12.2 Å². The number of benzene rings is 1. The molecule has 3 N–H and O–H groups in total. The van der Waals surface area contributed by atoms with Crippen LogP contribution in [0.1, 0.15) is 82.8 Å². The van der Waals surface area contributed by atoms with Crippen molar-refractivity contribution < 1.29 is 19.7 Å². The van der Waals surface area contributed by atoms with Crippen molar-refractivity contribution in [2.75, 3.05) is 0 Å². The van der Waals surface area contributed by atoms with Crippen molar-refractivity contribution in [2.24, 2.45) is 5.92 Å². The molecule has 31 heavy (non-hydrogen) atoms. The Morgan fingerprint density at radius 3 is 2.84 bits per heavy atom. The van der Waals surface area contributed by atoms with E-state index in [0.717, 1.165) is 55.4 Å². The zero-order chi connectivity index (χ0) is 22.4. The number of ether oxygens (including phenoxy) is 1. The molecule has 1 heterocycles. The number of fused-ring (bicyclic) bond motifs is 3. The Morgan fingerprint density at radius 1 is 1.29 bits per heavy atom. The first-order chi connectivity index (χ1) is 14.9. The number of rotatable bonds is 11. The molecule has 0 spiro atoms. The van der Waals surface area contributed by atoms with E-state index in [9.17, 15) is 15.0 Å². The number of amides is 1. The van der Waals surface area contributed by atoms with Crippen molar-refractivity contribution in [3.63, 3.8) is 0 Å². The Morgan fingerprint density at radius 2 is 2.10 bits per heavy atom. The Hall–Kier alpha value is -1.85. The molecule has 0 unspecified atom stereocenters. The maximum Gasteiger partial charge on any atom is 0.220 e. The lowest BCUT2D eigenvalue weighted by Gasteiger charge is -2.18. The average Bonchev–Trinajstić information content (AvgIpc) is 3.21. The molecular formula is C26H39NO4. The van der Waals surface area contributed by atoms with Crippen LogP contribution in [0.3, 0.4) is 0 Å². The third-order valence-electron chi connectivity index (χ3n) is 6.45. The van der Waals surface area contributed by atoms with Crippen LogP contribution in [0.5, 0.6) is 5.75 Å². The molecule has 1 aromatic carbocycles. The lowest BCUT2D eigenvalue weighted by atomic mass is 9.86. The van der Waals surface area contributed by atoms with Crippen molar-refractivity contribution in [2.45, 2.75) is 102 Å². The van der Waals surface area contributed by atoms with Crippen LogP contribution in [-0.2, 0) is 11.2 Å². The van der Waals surface area contributed by atoms with Gasteiger partial charge in [0.1, 0.15) is 11.9 Å². The molecular weight excluding hydrogens is 390 g/mol. The van der Waals surface area contributed by atoms with E-state index in [1.54, 1.807) is 0 Å². The molecule has 0 saturated heterocycles. The maximum atomic E-state index is 11.9. The number of unbranched alkanes of at least 4 members (excludes halogenated alkanes) is 2. The molecule has 1 aliphatic carbocycles. The lowest BCUT2D eigenvalue weighted by Crippen LogP contribution is -2.29. The molecule has 1 amide bonds. The van der Waals surface area contributed by atoms with Crippen molar-refractivity contribution in [1.29, 1.82) is 0 Å². The van der Waals surface area contributed by atoms with Crippen LogP contribution < -0.4 is 10.1 Å². The zero-order valence-electron chi connectivity index (χ0n) is 19.2. The molecule has 5 heteroatoms. The van der Waals surface area contributed by atoms with E-state index in [1.807, 2.05) is 26.0 Å². The molecule has 1 aliphatic heterocycles. The topological polar surface area (TPSA) is 78.8 Å². The first kappa shape index (κ1) is 23.8. The summed E-state index contributed by atoms with van der Waals surface area (Å²) in [6.45, 7) is 6.10. The summed E-state index contributed by atoms with van der Waals surface area (Å²) in [4.78, 5) is 11.9. The van der Waals surface area contributed by atoms with Gasteiger partial charge in [-0.3, -0.25) is 4.79 Å². The summed E-state index contributed by atoms with van der Waals surface area (Å²) in [6.07, 6.45) is 9.69. The molecule has 172 valence electrons. The van der Waals surface area contributed by atoms with Crippen molar-refractivity contribution in [1.82, 2.24) is 5.32 Å². The van der Waals surface area contributed by atoms with Crippen molar-refractivity contribution in [3.05, 3.63) is 41.5 Å². The largest absolute Gasteiger partial charge is 0.489 e. The molecule has 3 rings (SSSR count). The average molecular weight is 430 g/mol. The van der Waals surface area contributed by atoms with E-state index in [4.69, 9.17) is 4.74 Å². The standard InChI is InChI=1S/C26H39NO4/c1-4-5-6-11-19(28)14-15-20-22(29)16-23-25(20)21-12-7-9-18(26(21)31-23)10-8-13-24(30)27-17(2)3/h7,9,12,14-15,17,19-20,22-23,25,28-29H,4-6,8,10-11,13,16H2,1-3H3,(H,27,30)/b15-14+/t19-,20-,22+,23-,25-/m0/s1. The van der Waals surface area contributed by atoms with Gasteiger partial charge < -0.3 is 20.3 Å². The fraction of sp³-hybridized carbons (Fsp3) is 0.654. The van der Waals surface area contributed by atoms with Crippen LogP contribution in [0, 0.1) is 5.92 Å². The summed E-state index contributed by atoms with van der Waals surface area (Å²) in [5.74, 6) is 1.11. The summed E-state index contributed by atoms with van der Waals surface area (Å²) in [6, 6.07) is 6.40. The van der Waals surface area contributed by atoms with E-state index < -0.39 is 12.2 Å². The number of carbonyl (C=O) groups excluding carboxylic acids is 1. The number of carbonyl (C=O) groups is 1. The smallest absolute Gasteiger partial charge is 0.220 e. The van der Waals surface area contributed by atoms with Crippen molar-refractivity contribution >= 4 is 5.91 Å². The number of aryl methyl sites for hydroxylation is 1. The monoisotopic (exact) mass is 429 g/mol. The van der Waals surface area contributed by atoms with Gasteiger partial charge in [-0.15, -0.1) is 0 Å². The number of hydrogen-bond acceptors (Lipinski definition) is 4. The molecule has 0 aromatic heterocycles. The lowest BCUT2D eigenvalue weighted by molar-refractivity contribution is -0.121. The second kappa shape index (κ2) is 11.1. The van der Waals surface area contributed by atoms with E-state index >= 15 is 0 Å². The fourth-order valence-electron chi connectivity index (χ4n) is 4.95. The molecule has 0 bridgehead atoms. The number of para-hydroxylation sites is 1. The van der Waals surface area contributed by atoms with Crippen molar-refractivity contribution in [3.8, 4) is 5.75 Å². The van der Waals surface area contributed by atoms with Crippen LogP contribution in [0.2, 0.25) is 0 Å². The van der Waals surface area contributed by atoms with E-state index in [-0.39, 0.29) is 29.9 Å². The Kier molecular flexibility index (Phi) is 8.56. The van der Waals surface area contributed by atoms with Gasteiger partial charge in [0, 0.05) is 36.3 Å². The first-order valence-corrected chi connectivity index (χ1v) is 12.0. The van der Waals surface area contributed by atoms with Crippen LogP contribution in [-0.4, -0.2) is 40.5 Å². The molecule has 1 aromatic rings. The Labute approximate surface area is 186 Å². The highest BCUT2D eigenvalue weighted by atomic mass is 16.5. The van der Waals surface area contributed by atoms with Gasteiger partial charge in [0.15, 0.2) is 0 Å². The minimum Gasteiger partial charge on any atom is -0.489 e. The minimum atomic E-state index is -0.456. The van der Waals surface area contributed by atoms with Crippen LogP contribution in [0.25, 0.3) is 0 Å². The third kappa shape index (κ3) is 6.11. The quantitative estimate of drug-likeness (QED) is 0.363. The number of aliphatic hydroxyl groups excluding tert-OH is 2. The summed E-state index contributed by atoms with van der Waals surface area (Å²) in [5.41, 5.74) is 2.29. The zero-order valence-corrected chi connectivity index (χ0v) is 19.2. The molecule has 0 radical (unpaired) electrons. The molecule has 1 fully saturated rings. The third-order valence-corrected chi connectivity index (χ3v) is 6.45. The summed E-state index contributed by atoms with van der Waals surface area (Å²) in [7, 11) is 0. The van der Waals surface area contributed by atoms with E-state index in [1.165, 1.54) is 0 Å². The molecule has 5 atom stereocenters. The fourth-order valence-corrected chi connectivity index (χ4v) is 4.95. The second-order valence-electron chi connectivity index (χ2n) is 9.42. The van der Waals surface area contributed by atoms with Crippen LogP contribution in [0.15, 0.2) is 30.4 Å².